The lowest BCUT2D eigenvalue weighted by atomic mass is 10.1. The van der Waals surface area contributed by atoms with Gasteiger partial charge in [-0.3, -0.25) is 14.9 Å². The van der Waals surface area contributed by atoms with Crippen molar-refractivity contribution in [2.75, 3.05) is 0 Å². The third-order valence-electron chi connectivity index (χ3n) is 4.72. The third kappa shape index (κ3) is 5.79. The minimum absolute atomic E-state index is 0.0167. The summed E-state index contributed by atoms with van der Waals surface area (Å²) in [6.07, 6.45) is 1.70. The fourth-order valence-corrected chi connectivity index (χ4v) is 4.01. The summed E-state index contributed by atoms with van der Waals surface area (Å²) in [4.78, 5) is 27.8. The summed E-state index contributed by atoms with van der Waals surface area (Å²) < 4.78 is 5.91. The number of amidine groups is 1. The number of carbonyl (C=O) groups excluding carboxylic acids is 1. The van der Waals surface area contributed by atoms with Crippen molar-refractivity contribution in [3.8, 4) is 5.75 Å². The van der Waals surface area contributed by atoms with E-state index in [1.54, 1.807) is 36.4 Å². The number of hydrogen-bond acceptors (Lipinski definition) is 6. The van der Waals surface area contributed by atoms with Gasteiger partial charge in [0, 0.05) is 22.7 Å². The summed E-state index contributed by atoms with van der Waals surface area (Å²) in [7, 11) is 0. The average molecular weight is 480 g/mol. The molecule has 0 atom stereocenters. The first-order valence-corrected chi connectivity index (χ1v) is 11.1. The summed E-state index contributed by atoms with van der Waals surface area (Å²) in [5, 5.41) is 14.6. The number of nitro benzene ring substituents is 1. The number of amides is 1. The first-order valence-electron chi connectivity index (χ1n) is 9.89. The highest BCUT2D eigenvalue weighted by molar-refractivity contribution is 8.18. The van der Waals surface area contributed by atoms with Gasteiger partial charge in [-0.2, -0.15) is 0 Å². The number of nitrogens with one attached hydrogen (secondary N) is 1. The molecule has 0 saturated carbocycles. The first kappa shape index (κ1) is 22.6. The Morgan fingerprint density at radius 1 is 1.12 bits per heavy atom. The molecule has 1 amide bonds. The van der Waals surface area contributed by atoms with E-state index in [0.717, 1.165) is 16.8 Å². The second-order valence-corrected chi connectivity index (χ2v) is 8.68. The quantitative estimate of drug-likeness (QED) is 0.265. The Balaban J connectivity index is 1.52. The minimum Gasteiger partial charge on any atom is -0.488 e. The third-order valence-corrected chi connectivity index (χ3v) is 5.86. The maximum absolute atomic E-state index is 12.5. The van der Waals surface area contributed by atoms with E-state index in [2.05, 4.69) is 10.3 Å². The number of nitrogens with zero attached hydrogens (tertiary/aromatic N) is 2. The van der Waals surface area contributed by atoms with E-state index in [0.29, 0.717) is 26.4 Å². The van der Waals surface area contributed by atoms with Crippen molar-refractivity contribution >= 4 is 51.9 Å². The molecule has 1 heterocycles. The van der Waals surface area contributed by atoms with Crippen LogP contribution in [-0.4, -0.2) is 16.0 Å². The average Bonchev–Trinajstić information content (AvgIpc) is 3.13. The van der Waals surface area contributed by atoms with E-state index in [1.165, 1.54) is 23.9 Å². The fourth-order valence-electron chi connectivity index (χ4n) is 3.00. The molecule has 0 unspecified atom stereocenters. The van der Waals surface area contributed by atoms with Crippen molar-refractivity contribution in [1.82, 2.24) is 5.32 Å². The van der Waals surface area contributed by atoms with Gasteiger partial charge in [-0.1, -0.05) is 29.3 Å². The SMILES string of the molecule is Cc1ccc(N=C2NC(=O)/C(=C/c3cc(Cl)ccc3OCc3ccc([N+](=O)[O-])cc3)S2)cc1. The molecule has 0 spiro atoms. The van der Waals surface area contributed by atoms with Gasteiger partial charge in [0.05, 0.1) is 15.5 Å². The zero-order valence-electron chi connectivity index (χ0n) is 17.4. The molecule has 0 aromatic heterocycles. The Morgan fingerprint density at radius 2 is 1.85 bits per heavy atom. The van der Waals surface area contributed by atoms with Gasteiger partial charge in [0.25, 0.3) is 11.6 Å². The maximum atomic E-state index is 12.5. The molecule has 1 fully saturated rings. The molecule has 33 heavy (non-hydrogen) atoms. The summed E-state index contributed by atoms with van der Waals surface area (Å²) in [6, 6.07) is 18.9. The first-order chi connectivity index (χ1) is 15.9. The molecule has 4 rings (SSSR count). The fraction of sp³-hybridized carbons (Fsp3) is 0.0833. The Hall–Kier alpha value is -3.62. The number of hydrogen-bond donors (Lipinski definition) is 1. The molecule has 9 heteroatoms. The number of rotatable bonds is 6. The standard InChI is InChI=1S/C24H18ClN3O4S/c1-15-2-7-19(8-3-15)26-24-27-23(29)22(33-24)13-17-12-18(25)6-11-21(17)32-14-16-4-9-20(10-5-16)28(30)31/h2-13H,14H2,1H3,(H,26,27,29)/b22-13-. The molecule has 0 aliphatic carbocycles. The summed E-state index contributed by atoms with van der Waals surface area (Å²) in [5.41, 5.74) is 3.31. The predicted octanol–water partition coefficient (Wildman–Crippen LogP) is 6.03. The lowest BCUT2D eigenvalue weighted by Gasteiger charge is -2.10. The number of carbonyl (C=O) groups is 1. The van der Waals surface area contributed by atoms with Gasteiger partial charge in [-0.05, 0) is 72.8 Å². The molecule has 1 aliphatic heterocycles. The second kappa shape index (κ2) is 9.89. The molecular weight excluding hydrogens is 462 g/mol. The molecule has 1 aliphatic rings. The number of nitro groups is 1. The highest BCUT2D eigenvalue weighted by atomic mass is 35.5. The van der Waals surface area contributed by atoms with Crippen LogP contribution in [0.4, 0.5) is 11.4 Å². The Labute approximate surface area is 199 Å². The Bertz CT molecular complexity index is 1270. The van der Waals surface area contributed by atoms with Crippen molar-refractivity contribution in [3.05, 3.63) is 103 Å². The van der Waals surface area contributed by atoms with Gasteiger partial charge in [-0.25, -0.2) is 4.99 Å². The highest BCUT2D eigenvalue weighted by Crippen LogP contribution is 2.32. The Morgan fingerprint density at radius 3 is 2.55 bits per heavy atom. The number of aliphatic imine (C=N–C) groups is 1. The van der Waals surface area contributed by atoms with Crippen LogP contribution >= 0.6 is 23.4 Å². The lowest BCUT2D eigenvalue weighted by molar-refractivity contribution is -0.384. The van der Waals surface area contributed by atoms with E-state index in [9.17, 15) is 14.9 Å². The van der Waals surface area contributed by atoms with Gasteiger partial charge < -0.3 is 10.1 Å². The van der Waals surface area contributed by atoms with E-state index < -0.39 is 4.92 Å². The molecule has 0 radical (unpaired) electrons. The molecule has 0 bridgehead atoms. The van der Waals surface area contributed by atoms with E-state index in [1.807, 2.05) is 31.2 Å². The smallest absolute Gasteiger partial charge is 0.269 e. The number of ether oxygens (including phenoxy) is 1. The van der Waals surface area contributed by atoms with Crippen molar-refractivity contribution < 1.29 is 14.5 Å². The van der Waals surface area contributed by atoms with Crippen LogP contribution in [0.5, 0.6) is 5.75 Å². The van der Waals surface area contributed by atoms with E-state index >= 15 is 0 Å². The van der Waals surface area contributed by atoms with Crippen LogP contribution in [0.1, 0.15) is 16.7 Å². The molecule has 7 nitrogen and oxygen atoms in total. The van der Waals surface area contributed by atoms with Crippen LogP contribution in [-0.2, 0) is 11.4 Å². The van der Waals surface area contributed by atoms with Crippen LogP contribution in [0.3, 0.4) is 0 Å². The predicted molar refractivity (Wildman–Crippen MR) is 131 cm³/mol. The van der Waals surface area contributed by atoms with Gasteiger partial charge in [-0.15, -0.1) is 0 Å². The van der Waals surface area contributed by atoms with Gasteiger partial charge in [0.15, 0.2) is 5.17 Å². The molecule has 1 saturated heterocycles. The summed E-state index contributed by atoms with van der Waals surface area (Å²) >= 11 is 7.41. The molecule has 1 N–H and O–H groups in total. The monoisotopic (exact) mass is 479 g/mol. The van der Waals surface area contributed by atoms with Crippen LogP contribution in [0.2, 0.25) is 5.02 Å². The van der Waals surface area contributed by atoms with Gasteiger partial charge in [0.2, 0.25) is 0 Å². The molecule has 3 aromatic carbocycles. The second-order valence-electron chi connectivity index (χ2n) is 7.21. The van der Waals surface area contributed by atoms with Crippen LogP contribution in [0.25, 0.3) is 6.08 Å². The number of benzene rings is 3. The van der Waals surface area contributed by atoms with E-state index in [-0.39, 0.29) is 18.2 Å². The van der Waals surface area contributed by atoms with Crippen molar-refractivity contribution in [2.45, 2.75) is 13.5 Å². The van der Waals surface area contributed by atoms with Gasteiger partial charge >= 0.3 is 0 Å². The Kier molecular flexibility index (Phi) is 6.76. The zero-order chi connectivity index (χ0) is 23.4. The summed E-state index contributed by atoms with van der Waals surface area (Å²) in [5.74, 6) is 0.273. The maximum Gasteiger partial charge on any atom is 0.269 e. The van der Waals surface area contributed by atoms with Crippen LogP contribution in [0, 0.1) is 17.0 Å². The van der Waals surface area contributed by atoms with Crippen LogP contribution < -0.4 is 10.1 Å². The molecule has 166 valence electrons. The number of aryl methyl sites for hydroxylation is 1. The highest BCUT2D eigenvalue weighted by Gasteiger charge is 2.24. The number of halogens is 1. The summed E-state index contributed by atoms with van der Waals surface area (Å²) in [6.45, 7) is 2.20. The zero-order valence-corrected chi connectivity index (χ0v) is 19.0. The van der Waals surface area contributed by atoms with Crippen molar-refractivity contribution in [2.24, 2.45) is 4.99 Å². The molecule has 3 aromatic rings. The molecular formula is C24H18ClN3O4S. The number of thioether (sulfide) groups is 1. The van der Waals surface area contributed by atoms with Gasteiger partial charge in [0.1, 0.15) is 12.4 Å². The normalized spacial score (nSPS) is 15.6. The van der Waals surface area contributed by atoms with E-state index in [4.69, 9.17) is 16.3 Å². The lowest BCUT2D eigenvalue weighted by Crippen LogP contribution is -2.19. The largest absolute Gasteiger partial charge is 0.488 e. The van der Waals surface area contributed by atoms with Crippen LogP contribution in [0.15, 0.2) is 76.6 Å². The minimum atomic E-state index is -0.450. The number of non-ortho nitro benzene ring substituents is 1. The topological polar surface area (TPSA) is 93.8 Å². The van der Waals surface area contributed by atoms with Crippen molar-refractivity contribution in [1.29, 1.82) is 0 Å². The van der Waals surface area contributed by atoms with Crippen molar-refractivity contribution in [3.63, 3.8) is 0 Å².